The third kappa shape index (κ3) is 2.84. The van der Waals surface area contributed by atoms with Crippen LogP contribution in [0, 0.1) is 0 Å². The lowest BCUT2D eigenvalue weighted by Crippen LogP contribution is -2.50. The lowest BCUT2D eigenvalue weighted by Gasteiger charge is -2.32. The minimum absolute atomic E-state index is 0.0622. The van der Waals surface area contributed by atoms with Gasteiger partial charge in [-0.25, -0.2) is 4.98 Å². The number of hydrogen-bond donors (Lipinski definition) is 1. The summed E-state index contributed by atoms with van der Waals surface area (Å²) in [6.07, 6.45) is -1.83. The van der Waals surface area contributed by atoms with Gasteiger partial charge < -0.3 is 19.1 Å². The van der Waals surface area contributed by atoms with Crippen molar-refractivity contribution in [2.24, 2.45) is 0 Å². The third-order valence-corrected chi connectivity index (χ3v) is 4.22. The summed E-state index contributed by atoms with van der Waals surface area (Å²) >= 11 is 0. The van der Waals surface area contributed by atoms with E-state index in [0.717, 1.165) is 25.2 Å². The Morgan fingerprint density at radius 2 is 2.16 bits per heavy atom. The molecule has 1 aliphatic heterocycles. The zero-order valence-corrected chi connectivity index (χ0v) is 13.3. The van der Waals surface area contributed by atoms with E-state index in [1.807, 2.05) is 11.8 Å². The molecule has 0 bridgehead atoms. The van der Waals surface area contributed by atoms with Crippen molar-refractivity contribution in [1.82, 2.24) is 15.3 Å². The van der Waals surface area contributed by atoms with Gasteiger partial charge >= 0.3 is 6.18 Å². The Labute approximate surface area is 140 Å². The van der Waals surface area contributed by atoms with Crippen molar-refractivity contribution in [2.75, 3.05) is 24.5 Å². The summed E-state index contributed by atoms with van der Waals surface area (Å²) < 4.78 is 50.7. The highest BCUT2D eigenvalue weighted by atomic mass is 19.4. The highest BCUT2D eigenvalue weighted by molar-refractivity contribution is 5.89. The third-order valence-electron chi connectivity index (χ3n) is 4.22. The average molecular weight is 352 g/mol. The molecule has 1 atom stereocenters. The first kappa shape index (κ1) is 15.9. The van der Waals surface area contributed by atoms with E-state index in [1.54, 1.807) is 0 Å². The number of aromatic nitrogens is 2. The lowest BCUT2D eigenvalue weighted by molar-refractivity contribution is -0.137. The molecule has 1 N–H and O–H groups in total. The molecule has 25 heavy (non-hydrogen) atoms. The molecular formula is C16H15F3N4O2. The molecule has 132 valence electrons. The van der Waals surface area contributed by atoms with Gasteiger partial charge in [0, 0.05) is 25.7 Å². The Kier molecular flexibility index (Phi) is 3.68. The van der Waals surface area contributed by atoms with Crippen LogP contribution >= 0.6 is 0 Å². The van der Waals surface area contributed by atoms with Gasteiger partial charge in [-0.05, 0) is 19.1 Å². The predicted octanol–water partition coefficient (Wildman–Crippen LogP) is 3.30. The van der Waals surface area contributed by atoms with Gasteiger partial charge in [-0.3, -0.25) is 0 Å². The number of benzene rings is 1. The molecule has 0 saturated carbocycles. The number of piperazine rings is 1. The molecule has 9 heteroatoms. The van der Waals surface area contributed by atoms with E-state index < -0.39 is 11.7 Å². The second-order valence-electron chi connectivity index (χ2n) is 5.95. The Morgan fingerprint density at radius 1 is 1.32 bits per heavy atom. The molecular weight excluding hydrogens is 337 g/mol. The summed E-state index contributed by atoms with van der Waals surface area (Å²) in [5.74, 6) is 0.0622. The molecule has 1 aromatic carbocycles. The standard InChI is InChI=1S/C16H15F3N4O2/c1-9-8-20-2-4-23(9)15-22-12-7-10(16(17,18)19)6-11(13(12)25-15)14-21-3-5-24-14/h3,5-7,9,20H,2,4,8H2,1H3. The summed E-state index contributed by atoms with van der Waals surface area (Å²) in [5, 5.41) is 3.25. The quantitative estimate of drug-likeness (QED) is 0.763. The summed E-state index contributed by atoms with van der Waals surface area (Å²) in [6.45, 7) is 4.16. The molecule has 0 amide bonds. The Bertz CT molecular complexity index is 889. The number of nitrogens with zero attached hydrogens (tertiary/aromatic N) is 3. The van der Waals surface area contributed by atoms with Crippen molar-refractivity contribution in [2.45, 2.75) is 19.1 Å². The average Bonchev–Trinajstić information content (AvgIpc) is 3.23. The lowest BCUT2D eigenvalue weighted by atomic mass is 10.1. The van der Waals surface area contributed by atoms with Crippen molar-refractivity contribution in [3.8, 4) is 11.5 Å². The molecule has 1 unspecified atom stereocenters. The predicted molar refractivity (Wildman–Crippen MR) is 84.2 cm³/mol. The largest absolute Gasteiger partial charge is 0.444 e. The van der Waals surface area contributed by atoms with Gasteiger partial charge in [0.2, 0.25) is 5.89 Å². The summed E-state index contributed by atoms with van der Waals surface area (Å²) in [7, 11) is 0. The van der Waals surface area contributed by atoms with Gasteiger partial charge in [0.25, 0.3) is 6.01 Å². The van der Waals surface area contributed by atoms with Gasteiger partial charge in [-0.1, -0.05) is 0 Å². The molecule has 1 saturated heterocycles. The van der Waals surface area contributed by atoms with Crippen molar-refractivity contribution < 1.29 is 22.0 Å². The smallest absolute Gasteiger partial charge is 0.416 e. The Morgan fingerprint density at radius 3 is 2.84 bits per heavy atom. The number of fused-ring (bicyclic) bond motifs is 1. The van der Waals surface area contributed by atoms with Crippen LogP contribution in [0.4, 0.5) is 19.2 Å². The van der Waals surface area contributed by atoms with Crippen molar-refractivity contribution in [3.05, 3.63) is 30.2 Å². The van der Waals surface area contributed by atoms with Gasteiger partial charge in [-0.2, -0.15) is 18.2 Å². The van der Waals surface area contributed by atoms with E-state index in [0.29, 0.717) is 12.6 Å². The number of hydrogen-bond acceptors (Lipinski definition) is 6. The molecule has 3 heterocycles. The van der Waals surface area contributed by atoms with Crippen molar-refractivity contribution in [1.29, 1.82) is 0 Å². The maximum atomic E-state index is 13.2. The van der Waals surface area contributed by atoms with E-state index in [9.17, 15) is 13.2 Å². The second-order valence-corrected chi connectivity index (χ2v) is 5.95. The molecule has 4 rings (SSSR count). The van der Waals surface area contributed by atoms with Crippen LogP contribution in [0.5, 0.6) is 0 Å². The van der Waals surface area contributed by atoms with Crippen LogP contribution in [-0.2, 0) is 6.18 Å². The summed E-state index contributed by atoms with van der Waals surface area (Å²) in [4.78, 5) is 10.2. The highest BCUT2D eigenvalue weighted by Gasteiger charge is 2.33. The van der Waals surface area contributed by atoms with Crippen LogP contribution in [-0.4, -0.2) is 35.6 Å². The van der Waals surface area contributed by atoms with Crippen molar-refractivity contribution >= 4 is 17.1 Å². The number of halogens is 3. The molecule has 0 spiro atoms. The summed E-state index contributed by atoms with van der Waals surface area (Å²) in [6, 6.07) is 2.39. The fraction of sp³-hybridized carbons (Fsp3) is 0.375. The van der Waals surface area contributed by atoms with E-state index in [4.69, 9.17) is 8.83 Å². The molecule has 0 radical (unpaired) electrons. The van der Waals surface area contributed by atoms with Gasteiger partial charge in [-0.15, -0.1) is 0 Å². The number of alkyl halides is 3. The van der Waals surface area contributed by atoms with Crippen LogP contribution in [0.1, 0.15) is 12.5 Å². The fourth-order valence-electron chi connectivity index (χ4n) is 2.95. The Hall–Kier alpha value is -2.55. The number of oxazole rings is 2. The van der Waals surface area contributed by atoms with E-state index in [-0.39, 0.29) is 28.6 Å². The second kappa shape index (κ2) is 5.76. The zero-order chi connectivity index (χ0) is 17.6. The van der Waals surface area contributed by atoms with E-state index >= 15 is 0 Å². The first-order valence-corrected chi connectivity index (χ1v) is 7.82. The van der Waals surface area contributed by atoms with Gasteiger partial charge in [0.15, 0.2) is 5.58 Å². The van der Waals surface area contributed by atoms with E-state index in [1.165, 1.54) is 12.5 Å². The number of nitrogens with one attached hydrogen (secondary N) is 1. The van der Waals surface area contributed by atoms with E-state index in [2.05, 4.69) is 15.3 Å². The highest BCUT2D eigenvalue weighted by Crippen LogP contribution is 2.38. The summed E-state index contributed by atoms with van der Waals surface area (Å²) in [5.41, 5.74) is -0.322. The zero-order valence-electron chi connectivity index (χ0n) is 13.3. The minimum Gasteiger partial charge on any atom is -0.444 e. The van der Waals surface area contributed by atoms with Crippen LogP contribution in [0.2, 0.25) is 0 Å². The maximum Gasteiger partial charge on any atom is 0.416 e. The molecule has 6 nitrogen and oxygen atoms in total. The molecule has 1 fully saturated rings. The molecule has 1 aliphatic rings. The number of rotatable bonds is 2. The first-order valence-electron chi connectivity index (χ1n) is 7.82. The maximum absolute atomic E-state index is 13.2. The molecule has 0 aliphatic carbocycles. The van der Waals surface area contributed by atoms with Gasteiger partial charge in [0.05, 0.1) is 17.3 Å². The monoisotopic (exact) mass is 352 g/mol. The van der Waals surface area contributed by atoms with Crippen LogP contribution in [0.3, 0.4) is 0 Å². The molecule has 3 aromatic rings. The topological polar surface area (TPSA) is 67.3 Å². The molecule has 2 aromatic heterocycles. The minimum atomic E-state index is -4.50. The van der Waals surface area contributed by atoms with Gasteiger partial charge in [0.1, 0.15) is 11.8 Å². The normalized spacial score (nSPS) is 18.9. The van der Waals surface area contributed by atoms with Crippen molar-refractivity contribution in [3.63, 3.8) is 0 Å². The van der Waals surface area contributed by atoms with Crippen LogP contribution in [0.25, 0.3) is 22.6 Å². The SMILES string of the molecule is CC1CNCCN1c1nc2cc(C(F)(F)F)cc(-c3ncco3)c2o1. The van der Waals surface area contributed by atoms with Crippen LogP contribution in [0.15, 0.2) is 33.4 Å². The first-order chi connectivity index (χ1) is 11.9. The fourth-order valence-corrected chi connectivity index (χ4v) is 2.95. The number of anilines is 1. The van der Waals surface area contributed by atoms with Crippen LogP contribution < -0.4 is 10.2 Å². The Balaban J connectivity index is 1.89.